The summed E-state index contributed by atoms with van der Waals surface area (Å²) in [7, 11) is 0. The lowest BCUT2D eigenvalue weighted by Gasteiger charge is -2.03. The number of hydrogen-bond donors (Lipinski definition) is 2. The van der Waals surface area contributed by atoms with Crippen LogP contribution in [0.2, 0.25) is 0 Å². The van der Waals surface area contributed by atoms with Crippen molar-refractivity contribution < 1.29 is 9.18 Å². The Balaban J connectivity index is 1.81. The number of rotatable bonds is 6. The third-order valence-electron chi connectivity index (χ3n) is 2.76. The van der Waals surface area contributed by atoms with Crippen LogP contribution >= 0.6 is 11.3 Å². The Bertz CT molecular complexity index is 568. The third-order valence-corrected chi connectivity index (χ3v) is 3.66. The van der Waals surface area contributed by atoms with Crippen molar-refractivity contribution in [3.8, 4) is 0 Å². The molecule has 0 unspecified atom stereocenters. The summed E-state index contributed by atoms with van der Waals surface area (Å²) >= 11 is 1.44. The van der Waals surface area contributed by atoms with Gasteiger partial charge in [0, 0.05) is 18.3 Å². The Morgan fingerprint density at radius 1 is 1.30 bits per heavy atom. The fourth-order valence-corrected chi connectivity index (χ4v) is 2.51. The maximum Gasteiger partial charge on any atom is 0.270 e. The lowest BCUT2D eigenvalue weighted by atomic mass is 10.1. The molecular formula is C14H16FN3OS. The number of hydrogen-bond acceptors (Lipinski definition) is 4. The number of nitrogens with zero attached hydrogens (tertiary/aromatic N) is 1. The molecule has 2 aromatic rings. The van der Waals surface area contributed by atoms with Crippen molar-refractivity contribution in [2.75, 3.05) is 13.1 Å². The minimum Gasteiger partial charge on any atom is -0.350 e. The van der Waals surface area contributed by atoms with E-state index >= 15 is 0 Å². The summed E-state index contributed by atoms with van der Waals surface area (Å²) in [5, 5.41) is 5.40. The molecule has 0 saturated heterocycles. The van der Waals surface area contributed by atoms with E-state index in [1.807, 2.05) is 0 Å². The van der Waals surface area contributed by atoms with E-state index in [9.17, 15) is 9.18 Å². The standard InChI is InChI=1S/C14H16FN3OS/c15-11-3-1-10(2-4-11)6-8-17-14(19)12-9-20-13(18-12)5-7-16/h1-4,9H,5-8,16H2,(H,17,19). The van der Waals surface area contributed by atoms with Gasteiger partial charge in [-0.1, -0.05) is 12.1 Å². The molecule has 6 heteroatoms. The summed E-state index contributed by atoms with van der Waals surface area (Å²) in [6.07, 6.45) is 1.35. The quantitative estimate of drug-likeness (QED) is 0.852. The number of benzene rings is 1. The largest absolute Gasteiger partial charge is 0.350 e. The first-order chi connectivity index (χ1) is 9.69. The number of amides is 1. The monoisotopic (exact) mass is 293 g/mol. The molecule has 1 heterocycles. The maximum absolute atomic E-state index is 12.7. The van der Waals surface area contributed by atoms with Gasteiger partial charge in [-0.05, 0) is 30.7 Å². The van der Waals surface area contributed by atoms with Gasteiger partial charge in [-0.3, -0.25) is 4.79 Å². The van der Waals surface area contributed by atoms with Crippen LogP contribution in [0.15, 0.2) is 29.6 Å². The molecule has 106 valence electrons. The van der Waals surface area contributed by atoms with Crippen LogP contribution in [0.3, 0.4) is 0 Å². The summed E-state index contributed by atoms with van der Waals surface area (Å²) in [6.45, 7) is 1.02. The molecule has 1 aromatic carbocycles. The van der Waals surface area contributed by atoms with Crippen LogP contribution in [-0.2, 0) is 12.8 Å². The van der Waals surface area contributed by atoms with Crippen molar-refractivity contribution in [3.63, 3.8) is 0 Å². The van der Waals surface area contributed by atoms with Gasteiger partial charge in [0.1, 0.15) is 11.5 Å². The summed E-state index contributed by atoms with van der Waals surface area (Å²) in [5.41, 5.74) is 6.85. The topological polar surface area (TPSA) is 68.0 Å². The Kier molecular flexibility index (Phi) is 5.20. The SMILES string of the molecule is NCCc1nc(C(=O)NCCc2ccc(F)cc2)cs1. The highest BCUT2D eigenvalue weighted by molar-refractivity contribution is 7.09. The minimum absolute atomic E-state index is 0.188. The molecule has 0 aliphatic carbocycles. The highest BCUT2D eigenvalue weighted by Gasteiger charge is 2.09. The number of halogens is 1. The molecule has 0 aliphatic rings. The minimum atomic E-state index is -0.257. The molecule has 0 fully saturated rings. The van der Waals surface area contributed by atoms with Crippen molar-refractivity contribution in [1.82, 2.24) is 10.3 Å². The van der Waals surface area contributed by atoms with E-state index in [2.05, 4.69) is 10.3 Å². The number of carbonyl (C=O) groups excluding carboxylic acids is 1. The average Bonchev–Trinajstić information content (AvgIpc) is 2.90. The highest BCUT2D eigenvalue weighted by Crippen LogP contribution is 2.10. The summed E-state index contributed by atoms with van der Waals surface area (Å²) < 4.78 is 12.7. The van der Waals surface area contributed by atoms with Crippen LogP contribution in [-0.4, -0.2) is 24.0 Å². The first-order valence-corrected chi connectivity index (χ1v) is 7.24. The second kappa shape index (κ2) is 7.12. The molecule has 3 N–H and O–H groups in total. The van der Waals surface area contributed by atoms with Crippen LogP contribution in [0.25, 0.3) is 0 Å². The fourth-order valence-electron chi connectivity index (χ4n) is 1.72. The van der Waals surface area contributed by atoms with Gasteiger partial charge in [-0.25, -0.2) is 9.37 Å². The first-order valence-electron chi connectivity index (χ1n) is 6.36. The van der Waals surface area contributed by atoms with Gasteiger partial charge in [0.15, 0.2) is 0 Å². The maximum atomic E-state index is 12.7. The molecule has 0 saturated carbocycles. The first kappa shape index (κ1) is 14.6. The zero-order valence-corrected chi connectivity index (χ0v) is 11.8. The fraction of sp³-hybridized carbons (Fsp3) is 0.286. The molecule has 0 aliphatic heterocycles. The van der Waals surface area contributed by atoms with Gasteiger partial charge in [0.05, 0.1) is 5.01 Å². The zero-order valence-electron chi connectivity index (χ0n) is 10.9. The highest BCUT2D eigenvalue weighted by atomic mass is 32.1. The smallest absolute Gasteiger partial charge is 0.270 e. The van der Waals surface area contributed by atoms with Gasteiger partial charge >= 0.3 is 0 Å². The van der Waals surface area contributed by atoms with E-state index < -0.39 is 0 Å². The number of thiazole rings is 1. The zero-order chi connectivity index (χ0) is 14.4. The third kappa shape index (κ3) is 4.11. The molecule has 0 spiro atoms. The van der Waals surface area contributed by atoms with E-state index in [1.54, 1.807) is 17.5 Å². The van der Waals surface area contributed by atoms with Crippen molar-refractivity contribution in [2.24, 2.45) is 5.73 Å². The molecule has 2 rings (SSSR count). The van der Waals surface area contributed by atoms with Crippen LogP contribution in [0.1, 0.15) is 21.1 Å². The van der Waals surface area contributed by atoms with Gasteiger partial charge in [-0.15, -0.1) is 11.3 Å². The number of carbonyl (C=O) groups is 1. The molecule has 4 nitrogen and oxygen atoms in total. The number of aromatic nitrogens is 1. The Hall–Kier alpha value is -1.79. The molecule has 0 radical (unpaired) electrons. The molecule has 1 aromatic heterocycles. The number of nitrogens with two attached hydrogens (primary N) is 1. The lowest BCUT2D eigenvalue weighted by Crippen LogP contribution is -2.26. The average molecular weight is 293 g/mol. The van der Waals surface area contributed by atoms with Crippen molar-refractivity contribution in [1.29, 1.82) is 0 Å². The predicted octanol–water partition coefficient (Wildman–Crippen LogP) is 1.76. The number of nitrogens with one attached hydrogen (secondary N) is 1. The van der Waals surface area contributed by atoms with Crippen molar-refractivity contribution in [3.05, 3.63) is 51.7 Å². The Labute approximate surface area is 120 Å². The second-order valence-corrected chi connectivity index (χ2v) is 5.24. The van der Waals surface area contributed by atoms with Gasteiger partial charge in [0.25, 0.3) is 5.91 Å². The van der Waals surface area contributed by atoms with Gasteiger partial charge < -0.3 is 11.1 Å². The van der Waals surface area contributed by atoms with Crippen LogP contribution < -0.4 is 11.1 Å². The molecule has 20 heavy (non-hydrogen) atoms. The van der Waals surface area contributed by atoms with E-state index in [-0.39, 0.29) is 11.7 Å². The summed E-state index contributed by atoms with van der Waals surface area (Å²) in [6, 6.07) is 6.25. The van der Waals surface area contributed by atoms with E-state index in [1.165, 1.54) is 23.5 Å². The van der Waals surface area contributed by atoms with E-state index in [4.69, 9.17) is 5.73 Å². The van der Waals surface area contributed by atoms with Crippen LogP contribution in [0.5, 0.6) is 0 Å². The Morgan fingerprint density at radius 3 is 2.75 bits per heavy atom. The predicted molar refractivity (Wildman–Crippen MR) is 77.3 cm³/mol. The molecule has 0 atom stereocenters. The summed E-state index contributed by atoms with van der Waals surface area (Å²) in [4.78, 5) is 16.1. The van der Waals surface area contributed by atoms with E-state index in [0.717, 1.165) is 10.6 Å². The second-order valence-electron chi connectivity index (χ2n) is 4.30. The summed E-state index contributed by atoms with van der Waals surface area (Å²) in [5.74, 6) is -0.445. The van der Waals surface area contributed by atoms with Crippen LogP contribution in [0, 0.1) is 5.82 Å². The molecule has 0 bridgehead atoms. The Morgan fingerprint density at radius 2 is 2.05 bits per heavy atom. The van der Waals surface area contributed by atoms with Crippen molar-refractivity contribution >= 4 is 17.2 Å². The van der Waals surface area contributed by atoms with Gasteiger partial charge in [-0.2, -0.15) is 0 Å². The van der Waals surface area contributed by atoms with Crippen LogP contribution in [0.4, 0.5) is 4.39 Å². The van der Waals surface area contributed by atoms with Gasteiger partial charge in [0.2, 0.25) is 0 Å². The van der Waals surface area contributed by atoms with E-state index in [0.29, 0.717) is 31.6 Å². The molecular weight excluding hydrogens is 277 g/mol. The van der Waals surface area contributed by atoms with Crippen molar-refractivity contribution in [2.45, 2.75) is 12.8 Å². The lowest BCUT2D eigenvalue weighted by molar-refractivity contribution is 0.0949. The normalized spacial score (nSPS) is 10.5. The molecule has 1 amide bonds.